The SMILES string of the molecule is CCc1nc(CN)c(Oc2ccc(C3=CCN(C)CC3)cc2)nc1Oc1cccc(N)c1. The van der Waals surface area contributed by atoms with Crippen molar-refractivity contribution in [3.63, 3.8) is 0 Å². The van der Waals surface area contributed by atoms with Gasteiger partial charge in [-0.25, -0.2) is 4.98 Å². The van der Waals surface area contributed by atoms with E-state index in [0.29, 0.717) is 46.8 Å². The Morgan fingerprint density at radius 1 is 0.969 bits per heavy atom. The van der Waals surface area contributed by atoms with Crippen molar-refractivity contribution in [3.05, 3.63) is 71.6 Å². The Labute approximate surface area is 188 Å². The summed E-state index contributed by atoms with van der Waals surface area (Å²) < 4.78 is 12.1. The van der Waals surface area contributed by atoms with Crippen LogP contribution < -0.4 is 20.9 Å². The average Bonchev–Trinajstić information content (AvgIpc) is 2.80. The average molecular weight is 432 g/mol. The van der Waals surface area contributed by atoms with Gasteiger partial charge in [0.2, 0.25) is 11.8 Å². The number of nitrogen functional groups attached to an aromatic ring is 1. The number of ether oxygens (including phenoxy) is 2. The predicted octanol–water partition coefficient (Wildman–Crippen LogP) is 4.38. The standard InChI is InChI=1S/C25H29N5O2/c1-3-22-24(32-21-6-4-5-19(27)15-21)29-25(23(16-26)28-22)31-20-9-7-17(8-10-20)18-11-13-30(2)14-12-18/h4-11,15H,3,12-14,16,26-27H2,1-2H3. The monoisotopic (exact) mass is 431 g/mol. The molecular formula is C25H29N5O2. The van der Waals surface area contributed by atoms with Crippen LogP contribution in [-0.2, 0) is 13.0 Å². The lowest BCUT2D eigenvalue weighted by molar-refractivity contribution is 0.370. The molecule has 4 N–H and O–H groups in total. The number of aryl methyl sites for hydroxylation is 1. The van der Waals surface area contributed by atoms with Gasteiger partial charge in [0, 0.05) is 31.4 Å². The molecule has 0 saturated carbocycles. The molecule has 7 nitrogen and oxygen atoms in total. The summed E-state index contributed by atoms with van der Waals surface area (Å²) in [6.07, 6.45) is 3.97. The van der Waals surface area contributed by atoms with Crippen molar-refractivity contribution >= 4 is 11.3 Å². The van der Waals surface area contributed by atoms with E-state index in [9.17, 15) is 0 Å². The number of nitrogens with two attached hydrogens (primary N) is 2. The quantitative estimate of drug-likeness (QED) is 0.535. The van der Waals surface area contributed by atoms with Gasteiger partial charge in [-0.1, -0.05) is 31.2 Å². The molecule has 0 spiro atoms. The van der Waals surface area contributed by atoms with E-state index in [1.165, 1.54) is 11.1 Å². The minimum atomic E-state index is 0.215. The minimum Gasteiger partial charge on any atom is -0.437 e. The molecule has 3 aromatic rings. The molecule has 7 heteroatoms. The van der Waals surface area contributed by atoms with Crippen molar-refractivity contribution in [2.75, 3.05) is 25.9 Å². The summed E-state index contributed by atoms with van der Waals surface area (Å²) in [5, 5.41) is 0. The molecule has 0 unspecified atom stereocenters. The van der Waals surface area contributed by atoms with E-state index < -0.39 is 0 Å². The van der Waals surface area contributed by atoms with Gasteiger partial charge < -0.3 is 25.8 Å². The van der Waals surface area contributed by atoms with E-state index in [-0.39, 0.29) is 6.54 Å². The Hall–Kier alpha value is -3.42. The first-order valence-electron chi connectivity index (χ1n) is 10.8. The Morgan fingerprint density at radius 3 is 2.38 bits per heavy atom. The number of likely N-dealkylation sites (N-methyl/N-ethyl adjacent to an activating group) is 1. The fourth-order valence-corrected chi connectivity index (χ4v) is 3.58. The fourth-order valence-electron chi connectivity index (χ4n) is 3.58. The first-order chi connectivity index (χ1) is 15.6. The third kappa shape index (κ3) is 5.07. The highest BCUT2D eigenvalue weighted by atomic mass is 16.5. The summed E-state index contributed by atoms with van der Waals surface area (Å²) in [5.41, 5.74) is 16.3. The summed E-state index contributed by atoms with van der Waals surface area (Å²) in [5.74, 6) is 2.00. The number of benzene rings is 2. The van der Waals surface area contributed by atoms with Crippen LogP contribution in [-0.4, -0.2) is 35.0 Å². The van der Waals surface area contributed by atoms with Crippen LogP contribution in [0.1, 0.15) is 30.3 Å². The normalized spacial score (nSPS) is 14.2. The van der Waals surface area contributed by atoms with E-state index in [1.54, 1.807) is 12.1 Å². The highest BCUT2D eigenvalue weighted by molar-refractivity contribution is 5.67. The first kappa shape index (κ1) is 21.8. The van der Waals surface area contributed by atoms with E-state index in [2.05, 4.69) is 40.1 Å². The molecule has 1 aliphatic heterocycles. The molecule has 0 saturated heterocycles. The van der Waals surface area contributed by atoms with E-state index in [0.717, 1.165) is 19.5 Å². The Kier molecular flexibility index (Phi) is 6.68. The largest absolute Gasteiger partial charge is 0.437 e. The summed E-state index contributed by atoms with van der Waals surface area (Å²) in [6.45, 7) is 4.25. The Bertz CT molecular complexity index is 1110. The summed E-state index contributed by atoms with van der Waals surface area (Å²) >= 11 is 0. The van der Waals surface area contributed by atoms with E-state index in [4.69, 9.17) is 20.9 Å². The zero-order chi connectivity index (χ0) is 22.5. The van der Waals surface area contributed by atoms with Gasteiger partial charge in [0.1, 0.15) is 22.9 Å². The number of hydrogen-bond acceptors (Lipinski definition) is 7. The van der Waals surface area contributed by atoms with Gasteiger partial charge in [-0.05, 0) is 55.3 Å². The van der Waals surface area contributed by atoms with Crippen LogP contribution in [0.25, 0.3) is 5.57 Å². The molecule has 0 bridgehead atoms. The molecule has 1 aliphatic rings. The third-order valence-corrected chi connectivity index (χ3v) is 5.42. The van der Waals surface area contributed by atoms with Gasteiger partial charge in [-0.15, -0.1) is 0 Å². The smallest absolute Gasteiger partial charge is 0.245 e. The molecule has 2 heterocycles. The van der Waals surface area contributed by atoms with Crippen LogP contribution in [0.2, 0.25) is 0 Å². The van der Waals surface area contributed by atoms with E-state index in [1.807, 2.05) is 31.2 Å². The fraction of sp³-hybridized carbons (Fsp3) is 0.280. The van der Waals surface area contributed by atoms with Crippen molar-refractivity contribution < 1.29 is 9.47 Å². The van der Waals surface area contributed by atoms with Gasteiger partial charge in [0.05, 0.1) is 0 Å². The maximum Gasteiger partial charge on any atom is 0.245 e. The van der Waals surface area contributed by atoms with Crippen LogP contribution in [0, 0.1) is 0 Å². The Morgan fingerprint density at radius 2 is 1.72 bits per heavy atom. The third-order valence-electron chi connectivity index (χ3n) is 5.42. The lowest BCUT2D eigenvalue weighted by atomic mass is 10.00. The number of rotatable bonds is 7. The Balaban J connectivity index is 1.58. The second-order valence-corrected chi connectivity index (χ2v) is 7.83. The van der Waals surface area contributed by atoms with Crippen molar-refractivity contribution in [3.8, 4) is 23.3 Å². The lowest BCUT2D eigenvalue weighted by Crippen LogP contribution is -2.23. The number of hydrogen-bond donors (Lipinski definition) is 2. The van der Waals surface area contributed by atoms with Crippen LogP contribution in [0.5, 0.6) is 23.3 Å². The molecule has 0 amide bonds. The van der Waals surface area contributed by atoms with Crippen LogP contribution >= 0.6 is 0 Å². The lowest BCUT2D eigenvalue weighted by Gasteiger charge is -2.22. The highest BCUT2D eigenvalue weighted by Crippen LogP contribution is 2.31. The second kappa shape index (κ2) is 9.80. The molecular weight excluding hydrogens is 402 g/mol. The van der Waals surface area contributed by atoms with Crippen LogP contribution in [0.4, 0.5) is 5.69 Å². The van der Waals surface area contributed by atoms with Gasteiger partial charge in [-0.2, -0.15) is 4.98 Å². The van der Waals surface area contributed by atoms with E-state index >= 15 is 0 Å². The highest BCUT2D eigenvalue weighted by Gasteiger charge is 2.16. The molecule has 0 aliphatic carbocycles. The van der Waals surface area contributed by atoms with Gasteiger partial charge >= 0.3 is 0 Å². The molecule has 1 aromatic heterocycles. The van der Waals surface area contributed by atoms with Crippen molar-refractivity contribution in [1.82, 2.24) is 14.9 Å². The maximum absolute atomic E-state index is 6.08. The second-order valence-electron chi connectivity index (χ2n) is 7.83. The molecule has 4 rings (SSSR count). The molecule has 32 heavy (non-hydrogen) atoms. The predicted molar refractivity (Wildman–Crippen MR) is 127 cm³/mol. The summed E-state index contributed by atoms with van der Waals surface area (Å²) in [6, 6.07) is 15.2. The number of nitrogens with zero attached hydrogens (tertiary/aromatic N) is 3. The zero-order valence-corrected chi connectivity index (χ0v) is 18.5. The summed E-state index contributed by atoms with van der Waals surface area (Å²) in [4.78, 5) is 11.6. The van der Waals surface area contributed by atoms with Crippen molar-refractivity contribution in [2.24, 2.45) is 5.73 Å². The molecule has 166 valence electrons. The topological polar surface area (TPSA) is 99.5 Å². The van der Waals surface area contributed by atoms with Crippen molar-refractivity contribution in [1.29, 1.82) is 0 Å². The zero-order valence-electron chi connectivity index (χ0n) is 18.5. The van der Waals surface area contributed by atoms with Crippen LogP contribution in [0.15, 0.2) is 54.6 Å². The van der Waals surface area contributed by atoms with Crippen molar-refractivity contribution in [2.45, 2.75) is 26.3 Å². The van der Waals surface area contributed by atoms with Crippen LogP contribution in [0.3, 0.4) is 0 Å². The van der Waals surface area contributed by atoms with Gasteiger partial charge in [0.25, 0.3) is 0 Å². The number of anilines is 1. The van der Waals surface area contributed by atoms with Gasteiger partial charge in [-0.3, -0.25) is 0 Å². The molecule has 2 aromatic carbocycles. The van der Waals surface area contributed by atoms with Gasteiger partial charge in [0.15, 0.2) is 0 Å². The molecule has 0 fully saturated rings. The first-order valence-corrected chi connectivity index (χ1v) is 10.8. The molecule has 0 atom stereocenters. The number of aromatic nitrogens is 2. The minimum absolute atomic E-state index is 0.215. The molecule has 0 radical (unpaired) electrons. The maximum atomic E-state index is 6.08. The summed E-state index contributed by atoms with van der Waals surface area (Å²) in [7, 11) is 2.13.